The van der Waals surface area contributed by atoms with Gasteiger partial charge in [0.05, 0.1) is 0 Å². The summed E-state index contributed by atoms with van der Waals surface area (Å²) >= 11 is 0. The number of anilines is 1. The number of carbonyl (C=O) groups excluding carboxylic acids is 3. The van der Waals surface area contributed by atoms with Crippen LogP contribution in [0.1, 0.15) is 42.6 Å². The zero-order valence-electron chi connectivity index (χ0n) is 16.0. The van der Waals surface area contributed by atoms with E-state index >= 15 is 0 Å². The predicted octanol–water partition coefficient (Wildman–Crippen LogP) is 3.25. The maximum absolute atomic E-state index is 13.1. The van der Waals surface area contributed by atoms with Gasteiger partial charge in [-0.2, -0.15) is 0 Å². The highest BCUT2D eigenvalue weighted by Gasteiger charge is 2.18. The van der Waals surface area contributed by atoms with Crippen molar-refractivity contribution in [3.8, 4) is 0 Å². The van der Waals surface area contributed by atoms with Crippen molar-refractivity contribution in [1.82, 2.24) is 5.32 Å². The van der Waals surface area contributed by atoms with E-state index in [0.717, 1.165) is 11.6 Å². The van der Waals surface area contributed by atoms with Gasteiger partial charge >= 0.3 is 5.97 Å². The molecule has 0 aliphatic rings. The van der Waals surface area contributed by atoms with Crippen LogP contribution in [0.15, 0.2) is 48.5 Å². The average Bonchev–Trinajstić information content (AvgIpc) is 2.66. The van der Waals surface area contributed by atoms with Crippen LogP contribution >= 0.6 is 0 Å². The number of amides is 2. The molecule has 2 aromatic carbocycles. The summed E-state index contributed by atoms with van der Waals surface area (Å²) in [4.78, 5) is 35.9. The van der Waals surface area contributed by atoms with E-state index in [0.29, 0.717) is 11.6 Å². The van der Waals surface area contributed by atoms with Gasteiger partial charge in [-0.3, -0.25) is 14.4 Å². The third kappa shape index (κ3) is 6.19. The third-order valence-electron chi connectivity index (χ3n) is 4.00. The minimum absolute atomic E-state index is 0.0865. The van der Waals surface area contributed by atoms with Gasteiger partial charge in [0, 0.05) is 11.3 Å². The molecule has 28 heavy (non-hydrogen) atoms. The molecular weight excluding hydrogens is 363 g/mol. The van der Waals surface area contributed by atoms with Crippen LogP contribution in [-0.4, -0.2) is 30.4 Å². The van der Waals surface area contributed by atoms with E-state index in [9.17, 15) is 18.8 Å². The highest BCUT2D eigenvalue weighted by Crippen LogP contribution is 2.17. The fraction of sp³-hybridized carbons (Fsp3) is 0.286. The maximum Gasteiger partial charge on any atom is 0.326 e. The molecule has 2 N–H and O–H groups in total. The fourth-order valence-corrected chi connectivity index (χ4v) is 2.37. The number of esters is 1. The second-order valence-corrected chi connectivity index (χ2v) is 6.59. The molecule has 2 aromatic rings. The standard InChI is InChI=1S/C21H23FN2O4/c1-13(2)15-7-9-18(10-8-15)24-20(26)14(3)28-19(25)12-23-21(27)16-5-4-6-17(22)11-16/h4-11,13-14H,12H2,1-3H3,(H,23,27)(H,24,26)/t14-/m1/s1. The van der Waals surface area contributed by atoms with Crippen molar-refractivity contribution in [2.45, 2.75) is 32.8 Å². The zero-order chi connectivity index (χ0) is 20.7. The monoisotopic (exact) mass is 386 g/mol. The van der Waals surface area contributed by atoms with Crippen LogP contribution in [0.4, 0.5) is 10.1 Å². The normalized spacial score (nSPS) is 11.6. The van der Waals surface area contributed by atoms with E-state index in [1.54, 1.807) is 12.1 Å². The van der Waals surface area contributed by atoms with Gasteiger partial charge in [-0.05, 0) is 48.7 Å². The number of hydrogen-bond donors (Lipinski definition) is 2. The van der Waals surface area contributed by atoms with Crippen LogP contribution in [0.3, 0.4) is 0 Å². The van der Waals surface area contributed by atoms with E-state index < -0.39 is 36.2 Å². The van der Waals surface area contributed by atoms with Crippen molar-refractivity contribution in [2.24, 2.45) is 0 Å². The Balaban J connectivity index is 1.80. The smallest absolute Gasteiger partial charge is 0.326 e. The number of ether oxygens (including phenoxy) is 1. The maximum atomic E-state index is 13.1. The zero-order valence-corrected chi connectivity index (χ0v) is 16.0. The van der Waals surface area contributed by atoms with Crippen molar-refractivity contribution in [2.75, 3.05) is 11.9 Å². The molecule has 0 bridgehead atoms. The molecule has 0 heterocycles. The summed E-state index contributed by atoms with van der Waals surface area (Å²) in [6.07, 6.45) is -1.04. The first-order valence-electron chi connectivity index (χ1n) is 8.90. The van der Waals surface area contributed by atoms with Gasteiger partial charge in [0.25, 0.3) is 11.8 Å². The Morgan fingerprint density at radius 2 is 1.71 bits per heavy atom. The van der Waals surface area contributed by atoms with Gasteiger partial charge in [-0.25, -0.2) is 4.39 Å². The average molecular weight is 386 g/mol. The summed E-state index contributed by atoms with van der Waals surface area (Å²) in [6.45, 7) is 5.14. The van der Waals surface area contributed by atoms with Gasteiger partial charge in [0.15, 0.2) is 6.10 Å². The molecular formula is C21H23FN2O4. The minimum atomic E-state index is -1.04. The first-order chi connectivity index (χ1) is 13.3. The summed E-state index contributed by atoms with van der Waals surface area (Å²) in [7, 11) is 0. The number of carbonyl (C=O) groups is 3. The van der Waals surface area contributed by atoms with Gasteiger partial charge in [-0.15, -0.1) is 0 Å². The molecule has 0 aromatic heterocycles. The quantitative estimate of drug-likeness (QED) is 0.716. The number of benzene rings is 2. The molecule has 0 unspecified atom stereocenters. The van der Waals surface area contributed by atoms with E-state index in [1.807, 2.05) is 12.1 Å². The van der Waals surface area contributed by atoms with Crippen LogP contribution < -0.4 is 10.6 Å². The second kappa shape index (κ2) is 9.64. The lowest BCUT2D eigenvalue weighted by Crippen LogP contribution is -2.35. The van der Waals surface area contributed by atoms with Gasteiger partial charge < -0.3 is 15.4 Å². The van der Waals surface area contributed by atoms with Crippen molar-refractivity contribution in [1.29, 1.82) is 0 Å². The van der Waals surface area contributed by atoms with Gasteiger partial charge in [0.2, 0.25) is 0 Å². The van der Waals surface area contributed by atoms with Crippen LogP contribution in [-0.2, 0) is 14.3 Å². The first-order valence-corrected chi connectivity index (χ1v) is 8.90. The van der Waals surface area contributed by atoms with Crippen LogP contribution in [0.25, 0.3) is 0 Å². The Kier molecular flexibility index (Phi) is 7.26. The van der Waals surface area contributed by atoms with E-state index in [-0.39, 0.29) is 5.56 Å². The lowest BCUT2D eigenvalue weighted by Gasteiger charge is -2.14. The molecule has 0 saturated heterocycles. The Morgan fingerprint density at radius 1 is 1.04 bits per heavy atom. The van der Waals surface area contributed by atoms with Crippen molar-refractivity contribution in [3.05, 3.63) is 65.5 Å². The number of nitrogens with one attached hydrogen (secondary N) is 2. The molecule has 6 nitrogen and oxygen atoms in total. The minimum Gasteiger partial charge on any atom is -0.451 e. The Morgan fingerprint density at radius 3 is 2.32 bits per heavy atom. The molecule has 2 rings (SSSR count). The Labute approximate surface area is 163 Å². The molecule has 1 atom stereocenters. The number of halogens is 1. The molecule has 0 saturated carbocycles. The highest BCUT2D eigenvalue weighted by atomic mass is 19.1. The van der Waals surface area contributed by atoms with E-state index in [2.05, 4.69) is 24.5 Å². The van der Waals surface area contributed by atoms with E-state index in [1.165, 1.54) is 25.1 Å². The third-order valence-corrected chi connectivity index (χ3v) is 4.00. The second-order valence-electron chi connectivity index (χ2n) is 6.59. The number of hydrogen-bond acceptors (Lipinski definition) is 4. The topological polar surface area (TPSA) is 84.5 Å². The lowest BCUT2D eigenvalue weighted by atomic mass is 10.0. The summed E-state index contributed by atoms with van der Waals surface area (Å²) in [6, 6.07) is 12.5. The van der Waals surface area contributed by atoms with Crippen molar-refractivity contribution >= 4 is 23.5 Å². The molecule has 0 radical (unpaired) electrons. The van der Waals surface area contributed by atoms with Crippen molar-refractivity contribution < 1.29 is 23.5 Å². The summed E-state index contributed by atoms with van der Waals surface area (Å²) < 4.78 is 18.1. The largest absolute Gasteiger partial charge is 0.451 e. The fourth-order valence-electron chi connectivity index (χ4n) is 2.37. The SMILES string of the molecule is CC(C)c1ccc(NC(=O)[C@@H](C)OC(=O)CNC(=O)c2cccc(F)c2)cc1. The summed E-state index contributed by atoms with van der Waals surface area (Å²) in [5.41, 5.74) is 1.83. The molecule has 7 heteroatoms. The van der Waals surface area contributed by atoms with Crippen LogP contribution in [0.5, 0.6) is 0 Å². The Hall–Kier alpha value is -3.22. The van der Waals surface area contributed by atoms with Gasteiger partial charge in [-0.1, -0.05) is 32.0 Å². The number of rotatable bonds is 7. The predicted molar refractivity (Wildman–Crippen MR) is 103 cm³/mol. The molecule has 2 amide bonds. The molecule has 0 spiro atoms. The van der Waals surface area contributed by atoms with E-state index in [4.69, 9.17) is 4.74 Å². The Bertz CT molecular complexity index is 850. The highest BCUT2D eigenvalue weighted by molar-refractivity contribution is 5.97. The van der Waals surface area contributed by atoms with Gasteiger partial charge in [0.1, 0.15) is 12.4 Å². The van der Waals surface area contributed by atoms with Crippen molar-refractivity contribution in [3.63, 3.8) is 0 Å². The first kappa shape index (κ1) is 21.1. The molecule has 0 aliphatic carbocycles. The lowest BCUT2D eigenvalue weighted by molar-refractivity contribution is -0.152. The molecule has 0 fully saturated rings. The van der Waals surface area contributed by atoms with Crippen LogP contribution in [0, 0.1) is 5.82 Å². The summed E-state index contributed by atoms with van der Waals surface area (Å²) in [5.74, 6) is -2.04. The van der Waals surface area contributed by atoms with Crippen LogP contribution in [0.2, 0.25) is 0 Å². The molecule has 0 aliphatic heterocycles. The molecule has 148 valence electrons. The summed E-state index contributed by atoms with van der Waals surface area (Å²) in [5, 5.41) is 4.99.